The third-order valence-electron chi connectivity index (χ3n) is 3.45. The smallest absolute Gasteiger partial charge is 0.338 e. The highest BCUT2D eigenvalue weighted by Crippen LogP contribution is 2.23. The molecular weight excluding hydrogens is 311 g/mol. The van der Waals surface area contributed by atoms with Gasteiger partial charge in [-0.25, -0.2) is 9.18 Å². The van der Waals surface area contributed by atoms with Gasteiger partial charge in [-0.1, -0.05) is 17.7 Å². The maximum atomic E-state index is 12.9. The molecule has 3 aromatic rings. The summed E-state index contributed by atoms with van der Waals surface area (Å²) >= 11 is 0. The molecule has 0 fully saturated rings. The Bertz CT molecular complexity index is 841. The van der Waals surface area contributed by atoms with Crippen LogP contribution in [0.1, 0.15) is 34.8 Å². The topological polar surface area (TPSA) is 65.2 Å². The fraction of sp³-hybridized carbons (Fsp3) is 0.167. The van der Waals surface area contributed by atoms with Gasteiger partial charge in [0.15, 0.2) is 6.10 Å². The summed E-state index contributed by atoms with van der Waals surface area (Å²) in [5.74, 6) is -0.451. The number of esters is 1. The number of hydrogen-bond donors (Lipinski definition) is 0. The van der Waals surface area contributed by atoms with Gasteiger partial charge in [0, 0.05) is 5.56 Å². The van der Waals surface area contributed by atoms with Crippen LogP contribution in [0.15, 0.2) is 52.9 Å². The van der Waals surface area contributed by atoms with Crippen LogP contribution in [0.25, 0.3) is 11.5 Å². The number of rotatable bonds is 4. The number of ether oxygens (including phenoxy) is 1. The van der Waals surface area contributed by atoms with Crippen LogP contribution in [-0.4, -0.2) is 16.2 Å². The molecule has 0 bridgehead atoms. The van der Waals surface area contributed by atoms with Gasteiger partial charge < -0.3 is 9.15 Å². The molecule has 0 spiro atoms. The van der Waals surface area contributed by atoms with E-state index in [2.05, 4.69) is 10.2 Å². The molecule has 24 heavy (non-hydrogen) atoms. The fourth-order valence-electron chi connectivity index (χ4n) is 2.08. The second-order valence-electron chi connectivity index (χ2n) is 5.37. The second kappa shape index (κ2) is 6.62. The van der Waals surface area contributed by atoms with E-state index in [-0.39, 0.29) is 11.5 Å². The summed E-state index contributed by atoms with van der Waals surface area (Å²) in [4.78, 5) is 12.0. The quantitative estimate of drug-likeness (QED) is 0.675. The normalized spacial score (nSPS) is 12.0. The maximum Gasteiger partial charge on any atom is 0.338 e. The molecule has 6 heteroatoms. The summed E-state index contributed by atoms with van der Waals surface area (Å²) in [5.41, 5.74) is 2.16. The monoisotopic (exact) mass is 326 g/mol. The average molecular weight is 326 g/mol. The molecule has 1 aromatic heterocycles. The molecule has 122 valence electrons. The van der Waals surface area contributed by atoms with E-state index < -0.39 is 17.9 Å². The van der Waals surface area contributed by atoms with Gasteiger partial charge in [0.2, 0.25) is 5.89 Å². The Morgan fingerprint density at radius 2 is 1.75 bits per heavy atom. The van der Waals surface area contributed by atoms with Crippen molar-refractivity contribution in [3.05, 3.63) is 71.4 Å². The molecule has 0 amide bonds. The van der Waals surface area contributed by atoms with Crippen LogP contribution < -0.4 is 0 Å². The molecular formula is C18H15FN2O3. The van der Waals surface area contributed by atoms with Crippen LogP contribution in [0.5, 0.6) is 0 Å². The summed E-state index contributed by atoms with van der Waals surface area (Å²) in [6.07, 6.45) is -0.714. The van der Waals surface area contributed by atoms with E-state index in [9.17, 15) is 9.18 Å². The van der Waals surface area contributed by atoms with E-state index in [1.807, 2.05) is 31.2 Å². The van der Waals surface area contributed by atoms with Gasteiger partial charge in [0.05, 0.1) is 5.56 Å². The standard InChI is InChI=1S/C18H15FN2O3/c1-11-3-5-13(6-4-11)17-21-20-16(24-17)12(2)23-18(22)14-7-9-15(19)10-8-14/h3-10,12H,1-2H3/t12-/m0/s1. The van der Waals surface area contributed by atoms with E-state index >= 15 is 0 Å². The van der Waals surface area contributed by atoms with E-state index in [0.717, 1.165) is 11.1 Å². The van der Waals surface area contributed by atoms with Crippen molar-refractivity contribution in [2.45, 2.75) is 20.0 Å². The Balaban J connectivity index is 1.71. The largest absolute Gasteiger partial charge is 0.449 e. The van der Waals surface area contributed by atoms with Gasteiger partial charge in [-0.3, -0.25) is 0 Å². The summed E-state index contributed by atoms with van der Waals surface area (Å²) in [7, 11) is 0. The zero-order valence-electron chi connectivity index (χ0n) is 13.2. The van der Waals surface area contributed by atoms with Crippen LogP contribution in [-0.2, 0) is 4.74 Å². The van der Waals surface area contributed by atoms with Crippen molar-refractivity contribution in [2.24, 2.45) is 0 Å². The summed E-state index contributed by atoms with van der Waals surface area (Å²) in [6, 6.07) is 12.7. The number of aryl methyl sites for hydroxylation is 1. The summed E-state index contributed by atoms with van der Waals surface area (Å²) in [5, 5.41) is 7.89. The minimum atomic E-state index is -0.714. The first-order chi connectivity index (χ1) is 11.5. The van der Waals surface area contributed by atoms with Crippen molar-refractivity contribution in [2.75, 3.05) is 0 Å². The van der Waals surface area contributed by atoms with Crippen LogP contribution in [0.4, 0.5) is 4.39 Å². The number of carbonyl (C=O) groups excluding carboxylic acids is 1. The Labute approximate surface area is 138 Å². The summed E-state index contributed by atoms with van der Waals surface area (Å²) < 4.78 is 23.7. The molecule has 2 aromatic carbocycles. The molecule has 1 heterocycles. The first-order valence-electron chi connectivity index (χ1n) is 7.40. The SMILES string of the molecule is Cc1ccc(-c2nnc([C@H](C)OC(=O)c3ccc(F)cc3)o2)cc1. The lowest BCUT2D eigenvalue weighted by molar-refractivity contribution is 0.0280. The third-order valence-corrected chi connectivity index (χ3v) is 3.45. The van der Waals surface area contributed by atoms with Crippen molar-refractivity contribution in [1.82, 2.24) is 10.2 Å². The van der Waals surface area contributed by atoms with Gasteiger partial charge in [-0.2, -0.15) is 0 Å². The molecule has 0 aliphatic carbocycles. The van der Waals surface area contributed by atoms with Gasteiger partial charge in [0.1, 0.15) is 5.82 Å². The zero-order chi connectivity index (χ0) is 17.1. The fourth-order valence-corrected chi connectivity index (χ4v) is 2.08. The number of hydrogen-bond acceptors (Lipinski definition) is 5. The highest BCUT2D eigenvalue weighted by molar-refractivity contribution is 5.89. The predicted octanol–water partition coefficient (Wildman–Crippen LogP) is 4.10. The Hall–Kier alpha value is -3.02. The molecule has 0 aliphatic heterocycles. The molecule has 3 rings (SSSR count). The van der Waals surface area contributed by atoms with Crippen molar-refractivity contribution >= 4 is 5.97 Å². The van der Waals surface area contributed by atoms with Gasteiger partial charge in [0.25, 0.3) is 5.89 Å². The second-order valence-corrected chi connectivity index (χ2v) is 5.37. The van der Waals surface area contributed by atoms with Crippen LogP contribution in [0.3, 0.4) is 0 Å². The molecule has 5 nitrogen and oxygen atoms in total. The molecule has 0 saturated heterocycles. The van der Waals surface area contributed by atoms with E-state index in [0.29, 0.717) is 5.89 Å². The number of nitrogens with zero attached hydrogens (tertiary/aromatic N) is 2. The van der Waals surface area contributed by atoms with Crippen molar-refractivity contribution in [3.63, 3.8) is 0 Å². The first-order valence-corrected chi connectivity index (χ1v) is 7.40. The third kappa shape index (κ3) is 3.48. The predicted molar refractivity (Wildman–Crippen MR) is 84.7 cm³/mol. The summed E-state index contributed by atoms with van der Waals surface area (Å²) in [6.45, 7) is 3.62. The average Bonchev–Trinajstić information content (AvgIpc) is 3.06. The lowest BCUT2D eigenvalue weighted by atomic mass is 10.1. The Morgan fingerprint density at radius 3 is 2.42 bits per heavy atom. The number of carbonyl (C=O) groups is 1. The minimum Gasteiger partial charge on any atom is -0.449 e. The van der Waals surface area contributed by atoms with Crippen LogP contribution in [0, 0.1) is 12.7 Å². The molecule has 0 aliphatic rings. The first kappa shape index (κ1) is 15.9. The zero-order valence-corrected chi connectivity index (χ0v) is 13.2. The minimum absolute atomic E-state index is 0.195. The van der Waals surface area contributed by atoms with Crippen molar-refractivity contribution in [1.29, 1.82) is 0 Å². The van der Waals surface area contributed by atoms with E-state index in [1.165, 1.54) is 24.3 Å². The molecule has 0 unspecified atom stereocenters. The molecule has 1 atom stereocenters. The lowest BCUT2D eigenvalue weighted by Gasteiger charge is -2.09. The Morgan fingerprint density at radius 1 is 1.08 bits per heavy atom. The van der Waals surface area contributed by atoms with Gasteiger partial charge in [-0.05, 0) is 50.2 Å². The molecule has 0 N–H and O–H groups in total. The van der Waals surface area contributed by atoms with Gasteiger partial charge >= 0.3 is 5.97 Å². The Kier molecular flexibility index (Phi) is 4.37. The highest BCUT2D eigenvalue weighted by atomic mass is 19.1. The van der Waals surface area contributed by atoms with Crippen LogP contribution >= 0.6 is 0 Å². The number of aromatic nitrogens is 2. The number of benzene rings is 2. The number of halogens is 1. The highest BCUT2D eigenvalue weighted by Gasteiger charge is 2.20. The van der Waals surface area contributed by atoms with Crippen molar-refractivity contribution < 1.29 is 18.3 Å². The van der Waals surface area contributed by atoms with E-state index in [1.54, 1.807) is 6.92 Å². The molecule has 0 saturated carbocycles. The molecule has 0 radical (unpaired) electrons. The van der Waals surface area contributed by atoms with E-state index in [4.69, 9.17) is 9.15 Å². The van der Waals surface area contributed by atoms with Crippen LogP contribution in [0.2, 0.25) is 0 Å². The maximum absolute atomic E-state index is 12.9. The van der Waals surface area contributed by atoms with Crippen molar-refractivity contribution in [3.8, 4) is 11.5 Å². The van der Waals surface area contributed by atoms with Gasteiger partial charge in [-0.15, -0.1) is 10.2 Å². The lowest BCUT2D eigenvalue weighted by Crippen LogP contribution is -2.09.